The first-order chi connectivity index (χ1) is 6.07. The first-order valence-corrected chi connectivity index (χ1v) is 3.73. The van der Waals surface area contributed by atoms with Crippen LogP contribution in [0.3, 0.4) is 0 Å². The minimum atomic E-state index is -1.13. The molecule has 1 amide bonds. The third-order valence-corrected chi connectivity index (χ3v) is 1.38. The number of carbonyl (C=O) groups is 2. The number of amides is 1. The molecule has 0 aromatic rings. The van der Waals surface area contributed by atoms with Gasteiger partial charge in [-0.1, -0.05) is 0 Å². The molecule has 0 aliphatic carbocycles. The van der Waals surface area contributed by atoms with Crippen LogP contribution >= 0.6 is 0 Å². The lowest BCUT2D eigenvalue weighted by atomic mass is 10.4. The predicted molar refractivity (Wildman–Crippen MR) is 46.3 cm³/mol. The molecule has 0 aromatic heterocycles. The predicted octanol–water partition coefficient (Wildman–Crippen LogP) is -0.268. The number of aliphatic carboxylic acids is 1. The van der Waals surface area contributed by atoms with Crippen molar-refractivity contribution in [3.8, 4) is 0 Å². The van der Waals surface area contributed by atoms with Gasteiger partial charge in [-0.3, -0.25) is 4.79 Å². The molecular weight excluding hydrogens is 174 g/mol. The third-order valence-electron chi connectivity index (χ3n) is 1.38. The Kier molecular flexibility index (Phi) is 5.54. The Morgan fingerprint density at radius 1 is 1.46 bits per heavy atom. The van der Waals surface area contributed by atoms with Crippen molar-refractivity contribution in [2.24, 2.45) is 0 Å². The van der Waals surface area contributed by atoms with E-state index in [1.165, 1.54) is 12.0 Å². The van der Waals surface area contributed by atoms with Crippen LogP contribution in [0.15, 0.2) is 12.2 Å². The fourth-order valence-corrected chi connectivity index (χ4v) is 0.608. The van der Waals surface area contributed by atoms with Crippen molar-refractivity contribution >= 4 is 11.9 Å². The topological polar surface area (TPSA) is 66.8 Å². The summed E-state index contributed by atoms with van der Waals surface area (Å²) in [6.07, 6.45) is 1.82. The largest absolute Gasteiger partial charge is 0.478 e. The molecule has 0 unspecified atom stereocenters. The monoisotopic (exact) mass is 187 g/mol. The molecule has 0 radical (unpaired) electrons. The molecule has 0 heterocycles. The van der Waals surface area contributed by atoms with Gasteiger partial charge < -0.3 is 14.7 Å². The smallest absolute Gasteiger partial charge is 0.328 e. The van der Waals surface area contributed by atoms with Crippen LogP contribution in [-0.4, -0.2) is 49.2 Å². The zero-order valence-electron chi connectivity index (χ0n) is 7.69. The molecule has 1 N–H and O–H groups in total. The summed E-state index contributed by atoms with van der Waals surface area (Å²) in [4.78, 5) is 22.5. The van der Waals surface area contributed by atoms with E-state index >= 15 is 0 Å². The molecule has 0 saturated heterocycles. The summed E-state index contributed by atoms with van der Waals surface area (Å²) in [6.45, 7) is 0.877. The van der Waals surface area contributed by atoms with Crippen LogP contribution in [0.4, 0.5) is 0 Å². The fourth-order valence-electron chi connectivity index (χ4n) is 0.608. The van der Waals surface area contributed by atoms with Gasteiger partial charge in [0.2, 0.25) is 5.91 Å². The Balaban J connectivity index is 3.89. The summed E-state index contributed by atoms with van der Waals surface area (Å²) in [5.74, 6) is -1.48. The molecule has 0 atom stereocenters. The molecule has 0 spiro atoms. The molecule has 0 rings (SSSR count). The number of ether oxygens (including phenoxy) is 1. The van der Waals surface area contributed by atoms with Gasteiger partial charge in [0.15, 0.2) is 0 Å². The van der Waals surface area contributed by atoms with Crippen molar-refractivity contribution in [2.45, 2.75) is 0 Å². The molecule has 5 nitrogen and oxygen atoms in total. The van der Waals surface area contributed by atoms with Crippen LogP contribution in [0, 0.1) is 0 Å². The molecule has 0 aliphatic rings. The van der Waals surface area contributed by atoms with Crippen molar-refractivity contribution in [3.05, 3.63) is 12.2 Å². The molecule has 13 heavy (non-hydrogen) atoms. The lowest BCUT2D eigenvalue weighted by molar-refractivity contribution is -0.132. The number of carbonyl (C=O) groups excluding carboxylic acids is 1. The molecule has 0 saturated carbocycles. The minimum Gasteiger partial charge on any atom is -0.478 e. The van der Waals surface area contributed by atoms with Crippen LogP contribution in [-0.2, 0) is 14.3 Å². The van der Waals surface area contributed by atoms with E-state index in [1.54, 1.807) is 7.05 Å². The molecule has 0 aromatic carbocycles. The summed E-state index contributed by atoms with van der Waals surface area (Å²) in [7, 11) is 3.11. The van der Waals surface area contributed by atoms with E-state index in [-0.39, 0.29) is 5.91 Å². The standard InChI is InChI=1S/C8H13NO4/c1-9(5-6-13-2)7(10)3-4-8(11)12/h3-4H,5-6H2,1-2H3,(H,11,12). The van der Waals surface area contributed by atoms with Crippen LogP contribution in [0.1, 0.15) is 0 Å². The van der Waals surface area contributed by atoms with E-state index in [0.717, 1.165) is 12.2 Å². The average Bonchev–Trinajstić information content (AvgIpc) is 2.10. The molecule has 0 bridgehead atoms. The van der Waals surface area contributed by atoms with E-state index in [9.17, 15) is 9.59 Å². The maximum atomic E-state index is 11.1. The highest BCUT2D eigenvalue weighted by Crippen LogP contribution is 1.87. The van der Waals surface area contributed by atoms with Gasteiger partial charge in [0, 0.05) is 32.9 Å². The van der Waals surface area contributed by atoms with Gasteiger partial charge >= 0.3 is 5.97 Å². The van der Waals surface area contributed by atoms with Crippen molar-refractivity contribution in [3.63, 3.8) is 0 Å². The normalized spacial score (nSPS) is 10.3. The van der Waals surface area contributed by atoms with Gasteiger partial charge in [-0.05, 0) is 0 Å². The lowest BCUT2D eigenvalue weighted by Gasteiger charge is -2.13. The maximum absolute atomic E-state index is 11.1. The van der Waals surface area contributed by atoms with Gasteiger partial charge in [-0.15, -0.1) is 0 Å². The second-order valence-corrected chi connectivity index (χ2v) is 2.42. The summed E-state index contributed by atoms with van der Waals surface area (Å²) in [5, 5.41) is 8.24. The number of hydrogen-bond acceptors (Lipinski definition) is 3. The number of rotatable bonds is 5. The second-order valence-electron chi connectivity index (χ2n) is 2.42. The summed E-state index contributed by atoms with van der Waals surface area (Å²) < 4.78 is 4.75. The number of carboxylic acids is 1. The highest BCUT2D eigenvalue weighted by molar-refractivity contribution is 5.93. The average molecular weight is 187 g/mol. The number of likely N-dealkylation sites (N-methyl/N-ethyl adjacent to an activating group) is 1. The summed E-state index contributed by atoms with van der Waals surface area (Å²) in [5.41, 5.74) is 0. The Bertz CT molecular complexity index is 212. The number of nitrogens with zero attached hydrogens (tertiary/aromatic N) is 1. The molecule has 5 heteroatoms. The molecule has 0 fully saturated rings. The number of methoxy groups -OCH3 is 1. The summed E-state index contributed by atoms with van der Waals surface area (Å²) >= 11 is 0. The first kappa shape index (κ1) is 11.6. The fraction of sp³-hybridized carbons (Fsp3) is 0.500. The Morgan fingerprint density at radius 3 is 2.54 bits per heavy atom. The van der Waals surface area contributed by atoms with Crippen molar-refractivity contribution < 1.29 is 19.4 Å². The van der Waals surface area contributed by atoms with Crippen LogP contribution in [0.2, 0.25) is 0 Å². The van der Waals surface area contributed by atoms with E-state index in [2.05, 4.69) is 0 Å². The van der Waals surface area contributed by atoms with Crippen molar-refractivity contribution in [1.29, 1.82) is 0 Å². The van der Waals surface area contributed by atoms with Crippen LogP contribution in [0.25, 0.3) is 0 Å². The van der Waals surface area contributed by atoms with Crippen molar-refractivity contribution in [1.82, 2.24) is 4.90 Å². The van der Waals surface area contributed by atoms with E-state index in [0.29, 0.717) is 13.2 Å². The zero-order chi connectivity index (χ0) is 10.3. The van der Waals surface area contributed by atoms with Gasteiger partial charge in [0.1, 0.15) is 0 Å². The minimum absolute atomic E-state index is 0.348. The van der Waals surface area contributed by atoms with Gasteiger partial charge in [0.25, 0.3) is 0 Å². The molecule has 74 valence electrons. The highest BCUT2D eigenvalue weighted by atomic mass is 16.5. The lowest BCUT2D eigenvalue weighted by Crippen LogP contribution is -2.28. The zero-order valence-corrected chi connectivity index (χ0v) is 7.69. The SMILES string of the molecule is COCCN(C)C(=O)C=CC(=O)O. The van der Waals surface area contributed by atoms with E-state index < -0.39 is 5.97 Å². The summed E-state index contributed by atoms with van der Waals surface area (Å²) in [6, 6.07) is 0. The van der Waals surface area contributed by atoms with Crippen LogP contribution < -0.4 is 0 Å². The molecular formula is C8H13NO4. The van der Waals surface area contributed by atoms with Gasteiger partial charge in [-0.25, -0.2) is 4.79 Å². The number of carboxylic acid groups (broad SMARTS) is 1. The van der Waals surface area contributed by atoms with Gasteiger partial charge in [-0.2, -0.15) is 0 Å². The van der Waals surface area contributed by atoms with Gasteiger partial charge in [0.05, 0.1) is 6.61 Å². The Hall–Kier alpha value is -1.36. The van der Waals surface area contributed by atoms with E-state index in [1.807, 2.05) is 0 Å². The maximum Gasteiger partial charge on any atom is 0.328 e. The van der Waals surface area contributed by atoms with Crippen molar-refractivity contribution in [2.75, 3.05) is 27.3 Å². The number of hydrogen-bond donors (Lipinski definition) is 1. The third kappa shape index (κ3) is 5.86. The first-order valence-electron chi connectivity index (χ1n) is 3.73. The highest BCUT2D eigenvalue weighted by Gasteiger charge is 2.03. The van der Waals surface area contributed by atoms with E-state index in [4.69, 9.17) is 9.84 Å². The quantitative estimate of drug-likeness (QED) is 0.602. The second kappa shape index (κ2) is 6.19. The Morgan fingerprint density at radius 2 is 2.08 bits per heavy atom. The van der Waals surface area contributed by atoms with Crippen LogP contribution in [0.5, 0.6) is 0 Å². The Labute approximate surface area is 76.6 Å². The molecule has 0 aliphatic heterocycles.